The van der Waals surface area contributed by atoms with Gasteiger partial charge in [0.1, 0.15) is 17.8 Å². The number of rotatable bonds is 4. The molecule has 7 nitrogen and oxygen atoms in total. The molecule has 140 valence electrons. The number of anilines is 2. The highest BCUT2D eigenvalue weighted by Gasteiger charge is 2.40. The van der Waals surface area contributed by atoms with Crippen molar-refractivity contribution >= 4 is 28.4 Å². The summed E-state index contributed by atoms with van der Waals surface area (Å²) >= 11 is 0. The molecule has 7 heteroatoms. The number of aromatic nitrogens is 3. The number of carbonyl (C=O) groups is 1. The van der Waals surface area contributed by atoms with Crippen LogP contribution in [0.4, 0.5) is 11.5 Å². The van der Waals surface area contributed by atoms with Gasteiger partial charge in [-0.1, -0.05) is 18.2 Å². The summed E-state index contributed by atoms with van der Waals surface area (Å²) in [4.78, 5) is 27.2. The van der Waals surface area contributed by atoms with E-state index in [-0.39, 0.29) is 5.91 Å². The van der Waals surface area contributed by atoms with Crippen molar-refractivity contribution in [2.75, 3.05) is 29.9 Å². The Morgan fingerprint density at radius 1 is 1.26 bits per heavy atom. The van der Waals surface area contributed by atoms with Crippen molar-refractivity contribution in [2.24, 2.45) is 11.1 Å². The number of benzene rings is 1. The molecule has 1 aromatic carbocycles. The summed E-state index contributed by atoms with van der Waals surface area (Å²) in [6.07, 6.45) is 4.92. The highest BCUT2D eigenvalue weighted by molar-refractivity contribution is 5.96. The van der Waals surface area contributed by atoms with Gasteiger partial charge in [0.2, 0.25) is 5.91 Å². The van der Waals surface area contributed by atoms with Crippen LogP contribution in [0, 0.1) is 12.3 Å². The van der Waals surface area contributed by atoms with Gasteiger partial charge in [0.15, 0.2) is 0 Å². The first-order valence-electron chi connectivity index (χ1n) is 9.23. The van der Waals surface area contributed by atoms with Gasteiger partial charge in [-0.25, -0.2) is 9.97 Å². The number of para-hydroxylation sites is 1. The number of nitrogens with zero attached hydrogens (tertiary/aromatic N) is 3. The maximum Gasteiger partial charge on any atom is 0.232 e. The first-order chi connectivity index (χ1) is 13.1. The fourth-order valence-electron chi connectivity index (χ4n) is 3.79. The van der Waals surface area contributed by atoms with Crippen LogP contribution in [0.2, 0.25) is 0 Å². The predicted octanol–water partition coefficient (Wildman–Crippen LogP) is 2.45. The average molecular weight is 364 g/mol. The number of fused-ring (bicyclic) bond motifs is 1. The lowest BCUT2D eigenvalue weighted by Gasteiger charge is -2.40. The molecule has 3 heterocycles. The van der Waals surface area contributed by atoms with Crippen molar-refractivity contribution < 1.29 is 4.79 Å². The summed E-state index contributed by atoms with van der Waals surface area (Å²) in [5, 5.41) is 4.07. The molecule has 0 atom stereocenters. The summed E-state index contributed by atoms with van der Waals surface area (Å²) < 4.78 is 0. The zero-order valence-corrected chi connectivity index (χ0v) is 15.4. The molecule has 4 rings (SSSR count). The molecule has 1 amide bonds. The minimum atomic E-state index is -0.550. The van der Waals surface area contributed by atoms with Crippen LogP contribution in [-0.2, 0) is 4.79 Å². The first-order valence-corrected chi connectivity index (χ1v) is 9.23. The minimum absolute atomic E-state index is 0.00140. The van der Waals surface area contributed by atoms with Crippen LogP contribution in [0.25, 0.3) is 11.0 Å². The van der Waals surface area contributed by atoms with E-state index in [9.17, 15) is 4.79 Å². The number of carbonyl (C=O) groups excluding carboxylic acids is 1. The quantitative estimate of drug-likeness (QED) is 0.660. The van der Waals surface area contributed by atoms with Gasteiger partial charge in [-0.05, 0) is 37.5 Å². The number of H-pyrrole nitrogens is 1. The topological polar surface area (TPSA) is 99.9 Å². The Balaban J connectivity index is 1.52. The third kappa shape index (κ3) is 3.14. The van der Waals surface area contributed by atoms with E-state index in [4.69, 9.17) is 5.73 Å². The Labute approximate surface area is 158 Å². The van der Waals surface area contributed by atoms with Gasteiger partial charge < -0.3 is 20.9 Å². The van der Waals surface area contributed by atoms with Gasteiger partial charge in [0, 0.05) is 31.5 Å². The molecule has 27 heavy (non-hydrogen) atoms. The standard InChI is InChI=1S/C20H24N6O/c1-14-11-22-17-16(14)18(24-13-23-17)26-9-7-20(12-21,8-10-26)19(27)25-15-5-3-2-4-6-15/h2-6,11,13H,7-10,12,21H2,1H3,(H,25,27)(H,22,23,24). The number of nitrogens with two attached hydrogens (primary N) is 1. The van der Waals surface area contributed by atoms with Crippen molar-refractivity contribution in [1.29, 1.82) is 0 Å². The second kappa shape index (κ2) is 7.00. The van der Waals surface area contributed by atoms with E-state index >= 15 is 0 Å². The fraction of sp³-hybridized carbons (Fsp3) is 0.350. The molecule has 0 radical (unpaired) electrons. The second-order valence-electron chi connectivity index (χ2n) is 7.18. The number of piperidine rings is 1. The molecular formula is C20H24N6O. The highest BCUT2D eigenvalue weighted by Crippen LogP contribution is 2.35. The second-order valence-corrected chi connectivity index (χ2v) is 7.18. The summed E-state index contributed by atoms with van der Waals surface area (Å²) in [5.74, 6) is 0.925. The van der Waals surface area contributed by atoms with Gasteiger partial charge in [0.05, 0.1) is 10.8 Å². The Morgan fingerprint density at radius 2 is 2.00 bits per heavy atom. The van der Waals surface area contributed by atoms with E-state index in [1.165, 1.54) is 0 Å². The van der Waals surface area contributed by atoms with Crippen LogP contribution in [0.15, 0.2) is 42.9 Å². The van der Waals surface area contributed by atoms with Crippen LogP contribution in [-0.4, -0.2) is 40.5 Å². The Hall–Kier alpha value is -2.93. The number of nitrogens with one attached hydrogen (secondary N) is 2. The molecular weight excluding hydrogens is 340 g/mol. The monoisotopic (exact) mass is 364 g/mol. The van der Waals surface area contributed by atoms with Gasteiger partial charge in [0.25, 0.3) is 0 Å². The molecule has 2 aromatic heterocycles. The van der Waals surface area contributed by atoms with Crippen LogP contribution >= 0.6 is 0 Å². The number of amides is 1. The minimum Gasteiger partial charge on any atom is -0.356 e. The molecule has 0 spiro atoms. The number of hydrogen-bond donors (Lipinski definition) is 3. The van der Waals surface area contributed by atoms with E-state index in [0.29, 0.717) is 19.4 Å². The van der Waals surface area contributed by atoms with E-state index in [1.54, 1.807) is 6.33 Å². The van der Waals surface area contributed by atoms with Crippen molar-refractivity contribution in [3.8, 4) is 0 Å². The molecule has 0 unspecified atom stereocenters. The lowest BCUT2D eigenvalue weighted by Crippen LogP contribution is -2.50. The van der Waals surface area contributed by atoms with E-state index < -0.39 is 5.41 Å². The van der Waals surface area contributed by atoms with Gasteiger partial charge >= 0.3 is 0 Å². The maximum atomic E-state index is 12.9. The summed E-state index contributed by atoms with van der Waals surface area (Å²) in [7, 11) is 0. The largest absolute Gasteiger partial charge is 0.356 e. The van der Waals surface area contributed by atoms with Crippen molar-refractivity contribution in [1.82, 2.24) is 15.0 Å². The first kappa shape index (κ1) is 17.5. The lowest BCUT2D eigenvalue weighted by atomic mass is 9.77. The molecule has 4 N–H and O–H groups in total. The third-order valence-electron chi connectivity index (χ3n) is 5.57. The van der Waals surface area contributed by atoms with Gasteiger partial charge in [-0.15, -0.1) is 0 Å². The summed E-state index contributed by atoms with van der Waals surface area (Å²) in [6, 6.07) is 9.53. The predicted molar refractivity (Wildman–Crippen MR) is 107 cm³/mol. The lowest BCUT2D eigenvalue weighted by molar-refractivity contribution is -0.126. The summed E-state index contributed by atoms with van der Waals surface area (Å²) in [5.41, 5.74) is 8.28. The maximum absolute atomic E-state index is 12.9. The van der Waals surface area contributed by atoms with Crippen molar-refractivity contribution in [3.63, 3.8) is 0 Å². The van der Waals surface area contributed by atoms with E-state index in [0.717, 1.165) is 41.2 Å². The van der Waals surface area contributed by atoms with E-state index in [2.05, 4.69) is 25.2 Å². The number of aryl methyl sites for hydroxylation is 1. The molecule has 1 aliphatic rings. The SMILES string of the molecule is Cc1c[nH]c2ncnc(N3CCC(CN)(C(=O)Nc4ccccc4)CC3)c12. The van der Waals surface area contributed by atoms with Crippen molar-refractivity contribution in [3.05, 3.63) is 48.4 Å². The van der Waals surface area contributed by atoms with E-state index in [1.807, 2.05) is 43.5 Å². The fourth-order valence-corrected chi connectivity index (χ4v) is 3.79. The smallest absolute Gasteiger partial charge is 0.232 e. The van der Waals surface area contributed by atoms with Crippen LogP contribution in [0.3, 0.4) is 0 Å². The average Bonchev–Trinajstić information content (AvgIpc) is 3.10. The Bertz CT molecular complexity index is 944. The Kier molecular flexibility index (Phi) is 4.53. The molecule has 0 saturated carbocycles. The zero-order chi connectivity index (χ0) is 18.9. The molecule has 3 aromatic rings. The zero-order valence-electron chi connectivity index (χ0n) is 15.4. The van der Waals surface area contributed by atoms with Gasteiger partial charge in [-0.3, -0.25) is 4.79 Å². The highest BCUT2D eigenvalue weighted by atomic mass is 16.2. The molecule has 1 aliphatic heterocycles. The molecule has 0 aliphatic carbocycles. The normalized spacial score (nSPS) is 16.4. The molecule has 1 saturated heterocycles. The van der Waals surface area contributed by atoms with Crippen molar-refractivity contribution in [2.45, 2.75) is 19.8 Å². The van der Waals surface area contributed by atoms with Gasteiger partial charge in [-0.2, -0.15) is 0 Å². The number of hydrogen-bond acceptors (Lipinski definition) is 5. The van der Waals surface area contributed by atoms with Crippen LogP contribution in [0.5, 0.6) is 0 Å². The Morgan fingerprint density at radius 3 is 2.70 bits per heavy atom. The molecule has 0 bridgehead atoms. The summed E-state index contributed by atoms with van der Waals surface area (Å²) in [6.45, 7) is 3.85. The van der Waals surface area contributed by atoms with Crippen LogP contribution in [0.1, 0.15) is 18.4 Å². The molecule has 1 fully saturated rings. The third-order valence-corrected chi connectivity index (χ3v) is 5.57. The number of aromatic amines is 1. The van der Waals surface area contributed by atoms with Crippen LogP contribution < -0.4 is 16.0 Å².